The molecule has 1 heterocycles. The highest BCUT2D eigenvalue weighted by molar-refractivity contribution is 5.72. The predicted octanol–water partition coefficient (Wildman–Crippen LogP) is 7.49. The van der Waals surface area contributed by atoms with E-state index >= 15 is 0 Å². The Morgan fingerprint density at radius 2 is 1.00 bits per heavy atom. The van der Waals surface area contributed by atoms with E-state index in [9.17, 15) is 84.2 Å². The predicted molar refractivity (Wildman–Crippen MR) is 102 cm³/mol. The van der Waals surface area contributed by atoms with Crippen LogP contribution in [0.25, 0.3) is 0 Å². The summed E-state index contributed by atoms with van der Waals surface area (Å²) < 4.78 is 232. The monoisotopic (exact) mass is 661 g/mol. The van der Waals surface area contributed by atoms with Gasteiger partial charge in [0, 0.05) is 19.5 Å². The number of nitrogens with zero attached hydrogens (tertiary/aromatic N) is 1. The van der Waals surface area contributed by atoms with Gasteiger partial charge in [-0.15, -0.1) is 0 Å². The van der Waals surface area contributed by atoms with Gasteiger partial charge in [0.05, 0.1) is 5.92 Å². The molecule has 1 aliphatic heterocycles. The van der Waals surface area contributed by atoms with Gasteiger partial charge in [-0.25, -0.2) is 4.79 Å². The van der Waals surface area contributed by atoms with Crippen molar-refractivity contribution in [3.8, 4) is 0 Å². The van der Waals surface area contributed by atoms with Crippen LogP contribution in [-0.4, -0.2) is 88.4 Å². The summed E-state index contributed by atoms with van der Waals surface area (Å²) in [7, 11) is 0. The molecule has 22 heteroatoms. The van der Waals surface area contributed by atoms with E-state index in [1.54, 1.807) is 0 Å². The summed E-state index contributed by atoms with van der Waals surface area (Å²) in [5.74, 6) is -59.1. The fourth-order valence-corrected chi connectivity index (χ4v) is 3.47. The molecule has 0 spiro atoms. The second kappa shape index (κ2) is 10.9. The lowest BCUT2D eigenvalue weighted by Crippen LogP contribution is -2.74. The summed E-state index contributed by atoms with van der Waals surface area (Å²) in [5.41, 5.74) is -2.36. The second-order valence-electron chi connectivity index (χ2n) is 9.88. The molecule has 1 amide bonds. The number of hydrogen-bond acceptors (Lipinski definition) is 3. The zero-order valence-corrected chi connectivity index (χ0v) is 20.9. The molecule has 0 atom stereocenters. The highest BCUT2D eigenvalue weighted by atomic mass is 19.4. The molecule has 1 aliphatic rings. The van der Waals surface area contributed by atoms with Gasteiger partial charge < -0.3 is 14.7 Å². The number of hydrogen-bond donors (Lipinski definition) is 1. The van der Waals surface area contributed by atoms with Crippen molar-refractivity contribution in [2.24, 2.45) is 5.92 Å². The first-order chi connectivity index (χ1) is 18.3. The first-order valence-electron chi connectivity index (χ1n) is 11.2. The Morgan fingerprint density at radius 1 is 0.643 bits per heavy atom. The summed E-state index contributed by atoms with van der Waals surface area (Å²) in [5, 5.41) is 8.90. The third-order valence-corrected chi connectivity index (χ3v) is 6.29. The summed E-state index contributed by atoms with van der Waals surface area (Å²) in [6.07, 6.45) is -13.8. The van der Waals surface area contributed by atoms with Crippen LogP contribution in [0.2, 0.25) is 0 Å². The van der Waals surface area contributed by atoms with Crippen LogP contribution in [-0.2, 0) is 9.53 Å². The lowest BCUT2D eigenvalue weighted by Gasteiger charge is -2.43. The molecule has 0 bridgehead atoms. The highest BCUT2D eigenvalue weighted by Gasteiger charge is 2.95. The van der Waals surface area contributed by atoms with Gasteiger partial charge in [-0.05, 0) is 33.1 Å². The maximum absolute atomic E-state index is 14.1. The van der Waals surface area contributed by atoms with Crippen LogP contribution in [0.15, 0.2) is 0 Å². The van der Waals surface area contributed by atoms with Crippen molar-refractivity contribution < 1.29 is 94.1 Å². The van der Waals surface area contributed by atoms with Gasteiger partial charge in [-0.1, -0.05) is 0 Å². The zero-order chi connectivity index (χ0) is 33.8. The van der Waals surface area contributed by atoms with Gasteiger partial charge in [-0.2, -0.15) is 74.6 Å². The fourth-order valence-electron chi connectivity index (χ4n) is 3.47. The molecule has 1 fully saturated rings. The molecule has 0 aromatic heterocycles. The van der Waals surface area contributed by atoms with E-state index in [0.717, 1.165) is 4.90 Å². The van der Waals surface area contributed by atoms with Crippen LogP contribution in [0.4, 0.5) is 79.4 Å². The number of rotatable bonds is 11. The van der Waals surface area contributed by atoms with E-state index in [2.05, 4.69) is 0 Å². The SMILES string of the molecule is CC(C)(CCC(F)(F)C(F)(F)C(F)(F)C(F)(F)C(F)(F)C(F)(F)C(F)(F)C(F)(F)F)OC(=O)N1CCC(C(=O)O)CC1. The van der Waals surface area contributed by atoms with E-state index < -0.39 is 84.1 Å². The quantitative estimate of drug-likeness (QED) is 0.233. The molecular weight excluding hydrogens is 641 g/mol. The maximum atomic E-state index is 14.1. The number of carbonyl (C=O) groups excluding carboxylic acids is 1. The number of aliphatic carboxylic acids is 1. The van der Waals surface area contributed by atoms with Crippen molar-refractivity contribution in [3.63, 3.8) is 0 Å². The molecule has 42 heavy (non-hydrogen) atoms. The van der Waals surface area contributed by atoms with Crippen LogP contribution in [0.1, 0.15) is 39.5 Å². The third-order valence-electron chi connectivity index (χ3n) is 6.29. The Morgan fingerprint density at radius 3 is 1.36 bits per heavy atom. The van der Waals surface area contributed by atoms with Gasteiger partial charge in [0.2, 0.25) is 0 Å². The average Bonchev–Trinajstić information content (AvgIpc) is 2.81. The number of carboxylic acid groups (broad SMARTS) is 1. The molecule has 1 N–H and O–H groups in total. The Bertz CT molecular complexity index is 1000. The molecule has 248 valence electrons. The Hall–Kier alpha value is -2.45. The van der Waals surface area contributed by atoms with E-state index in [4.69, 9.17) is 9.84 Å². The number of halogens is 17. The number of alkyl halides is 17. The number of amides is 1. The van der Waals surface area contributed by atoms with E-state index in [1.807, 2.05) is 0 Å². The topological polar surface area (TPSA) is 66.8 Å². The van der Waals surface area contributed by atoms with Crippen LogP contribution in [0.3, 0.4) is 0 Å². The molecule has 0 radical (unpaired) electrons. The van der Waals surface area contributed by atoms with Crippen molar-refractivity contribution in [1.82, 2.24) is 4.90 Å². The number of ether oxygens (including phenoxy) is 1. The minimum atomic E-state index is -8.70. The number of likely N-dealkylation sites (tertiary alicyclic amines) is 1. The van der Waals surface area contributed by atoms with Crippen LogP contribution in [0, 0.1) is 5.92 Å². The minimum absolute atomic E-state index is 0.114. The number of piperidine rings is 1. The lowest BCUT2D eigenvalue weighted by atomic mass is 9.87. The molecule has 0 aromatic carbocycles. The third kappa shape index (κ3) is 6.12. The average molecular weight is 661 g/mol. The molecule has 0 aliphatic carbocycles. The van der Waals surface area contributed by atoms with Crippen LogP contribution < -0.4 is 0 Å². The first-order valence-corrected chi connectivity index (χ1v) is 11.2. The smallest absolute Gasteiger partial charge is 0.460 e. The Labute approximate surface area is 223 Å². The zero-order valence-electron chi connectivity index (χ0n) is 20.9. The largest absolute Gasteiger partial charge is 0.481 e. The summed E-state index contributed by atoms with van der Waals surface area (Å²) in [6, 6.07) is 0. The fraction of sp³-hybridized carbons (Fsp3) is 0.900. The number of carbonyl (C=O) groups is 2. The number of carboxylic acids is 1. The van der Waals surface area contributed by atoms with E-state index in [-0.39, 0.29) is 25.9 Å². The van der Waals surface area contributed by atoms with Gasteiger partial charge >= 0.3 is 59.7 Å². The van der Waals surface area contributed by atoms with Crippen molar-refractivity contribution in [1.29, 1.82) is 0 Å². The van der Waals surface area contributed by atoms with Crippen molar-refractivity contribution in [3.05, 3.63) is 0 Å². The van der Waals surface area contributed by atoms with Gasteiger partial charge in [0.25, 0.3) is 0 Å². The molecule has 0 saturated carbocycles. The second-order valence-corrected chi connectivity index (χ2v) is 9.88. The van der Waals surface area contributed by atoms with Gasteiger partial charge in [0.15, 0.2) is 0 Å². The standard InChI is InChI=1S/C20H20F17NO4/c1-12(2,42-11(41)38-7-3-9(4-8-38)10(39)40)5-6-13(21,22)14(23,24)15(25,26)16(27,28)17(29,30)18(31,32)19(33,34)20(35,36)37/h9H,3-8H2,1-2H3,(H,39,40). The normalized spacial score (nSPS) is 17.8. The first kappa shape index (κ1) is 37.6. The Kier molecular flexibility index (Phi) is 9.77. The van der Waals surface area contributed by atoms with Crippen molar-refractivity contribution >= 4 is 12.1 Å². The van der Waals surface area contributed by atoms with E-state index in [0.29, 0.717) is 13.8 Å². The maximum Gasteiger partial charge on any atom is 0.460 e. The molecule has 0 unspecified atom stereocenters. The molecule has 1 saturated heterocycles. The molecule has 5 nitrogen and oxygen atoms in total. The Balaban J connectivity index is 3.20. The summed E-state index contributed by atoms with van der Waals surface area (Å²) in [4.78, 5) is 23.9. The van der Waals surface area contributed by atoms with Crippen LogP contribution in [0.5, 0.6) is 0 Å². The summed E-state index contributed by atoms with van der Waals surface area (Å²) in [6.45, 7) is 0.828. The van der Waals surface area contributed by atoms with Crippen molar-refractivity contribution in [2.45, 2.75) is 92.8 Å². The molecule has 1 rings (SSSR count). The lowest BCUT2D eigenvalue weighted by molar-refractivity contribution is -0.462. The van der Waals surface area contributed by atoms with Gasteiger partial charge in [-0.3, -0.25) is 4.79 Å². The van der Waals surface area contributed by atoms with Gasteiger partial charge in [0.1, 0.15) is 5.60 Å². The highest BCUT2D eigenvalue weighted by Crippen LogP contribution is 2.64. The molecular formula is C20H20F17NO4. The minimum Gasteiger partial charge on any atom is -0.481 e. The van der Waals surface area contributed by atoms with Crippen molar-refractivity contribution in [2.75, 3.05) is 13.1 Å². The van der Waals surface area contributed by atoms with E-state index in [1.165, 1.54) is 0 Å². The molecule has 0 aromatic rings. The van der Waals surface area contributed by atoms with Crippen LogP contribution >= 0.6 is 0 Å². The summed E-state index contributed by atoms with van der Waals surface area (Å²) >= 11 is 0.